The summed E-state index contributed by atoms with van der Waals surface area (Å²) in [7, 11) is 3.98. The molecule has 0 saturated carbocycles. The van der Waals surface area contributed by atoms with Crippen LogP contribution in [0.1, 0.15) is 5.69 Å². The van der Waals surface area contributed by atoms with Crippen molar-refractivity contribution in [3.05, 3.63) is 30.1 Å². The predicted molar refractivity (Wildman–Crippen MR) is 64.4 cm³/mol. The van der Waals surface area contributed by atoms with E-state index >= 15 is 0 Å². The third-order valence-electron chi connectivity index (χ3n) is 2.02. The van der Waals surface area contributed by atoms with E-state index in [-0.39, 0.29) is 0 Å². The summed E-state index contributed by atoms with van der Waals surface area (Å²) in [6.07, 6.45) is 1.88. The van der Waals surface area contributed by atoms with E-state index in [4.69, 9.17) is 0 Å². The third-order valence-corrected chi connectivity index (χ3v) is 3.20. The molecule has 0 bridgehead atoms. The molecule has 2 heterocycles. The van der Waals surface area contributed by atoms with Gasteiger partial charge < -0.3 is 4.90 Å². The molecule has 0 aromatic carbocycles. The van der Waals surface area contributed by atoms with Crippen molar-refractivity contribution < 1.29 is 0 Å². The lowest BCUT2D eigenvalue weighted by atomic mass is 10.3. The van der Waals surface area contributed by atoms with Crippen LogP contribution in [0.2, 0.25) is 0 Å². The average molecular weight is 219 g/mol. The smallest absolute Gasteiger partial charge is 0.185 e. The van der Waals surface area contributed by atoms with Gasteiger partial charge in [-0.2, -0.15) is 0 Å². The first kappa shape index (κ1) is 10.1. The van der Waals surface area contributed by atoms with Gasteiger partial charge in [-0.1, -0.05) is 17.4 Å². The van der Waals surface area contributed by atoms with Gasteiger partial charge in [0.2, 0.25) is 0 Å². The Hall–Kier alpha value is -1.42. The van der Waals surface area contributed by atoms with Crippen molar-refractivity contribution in [1.29, 1.82) is 0 Å². The highest BCUT2D eigenvalue weighted by Crippen LogP contribution is 2.28. The summed E-state index contributed by atoms with van der Waals surface area (Å²) in [5.41, 5.74) is 2.04. The molecule has 15 heavy (non-hydrogen) atoms. The molecule has 0 amide bonds. The van der Waals surface area contributed by atoms with Crippen molar-refractivity contribution in [1.82, 2.24) is 9.97 Å². The SMILES string of the molecule is Cc1cccc(-c2cnc(N(C)C)s2)n1. The van der Waals surface area contributed by atoms with Crippen LogP contribution >= 0.6 is 11.3 Å². The summed E-state index contributed by atoms with van der Waals surface area (Å²) in [5.74, 6) is 0. The minimum atomic E-state index is 1.00. The van der Waals surface area contributed by atoms with Crippen LogP contribution in [0.15, 0.2) is 24.4 Å². The van der Waals surface area contributed by atoms with Crippen LogP contribution in [-0.4, -0.2) is 24.1 Å². The van der Waals surface area contributed by atoms with Gasteiger partial charge in [-0.25, -0.2) is 4.98 Å². The van der Waals surface area contributed by atoms with Crippen LogP contribution in [0.4, 0.5) is 5.13 Å². The molecular formula is C11H13N3S. The van der Waals surface area contributed by atoms with Crippen LogP contribution < -0.4 is 4.90 Å². The molecule has 2 rings (SSSR count). The second kappa shape index (κ2) is 3.98. The summed E-state index contributed by atoms with van der Waals surface area (Å²) in [4.78, 5) is 11.9. The summed E-state index contributed by atoms with van der Waals surface area (Å²) >= 11 is 1.66. The third kappa shape index (κ3) is 2.15. The number of rotatable bonds is 2. The second-order valence-corrected chi connectivity index (χ2v) is 4.57. The minimum Gasteiger partial charge on any atom is -0.354 e. The molecule has 2 aromatic heterocycles. The lowest BCUT2D eigenvalue weighted by molar-refractivity contribution is 1.10. The van der Waals surface area contributed by atoms with E-state index in [9.17, 15) is 0 Å². The number of nitrogens with zero attached hydrogens (tertiary/aromatic N) is 3. The van der Waals surface area contributed by atoms with Crippen LogP contribution in [0.25, 0.3) is 10.6 Å². The largest absolute Gasteiger partial charge is 0.354 e. The second-order valence-electron chi connectivity index (χ2n) is 3.57. The van der Waals surface area contributed by atoms with Crippen molar-refractivity contribution in [2.45, 2.75) is 6.92 Å². The molecule has 0 radical (unpaired) electrons. The first-order chi connectivity index (χ1) is 7.16. The average Bonchev–Trinajstić information content (AvgIpc) is 2.66. The van der Waals surface area contributed by atoms with Crippen molar-refractivity contribution >= 4 is 16.5 Å². The Bertz CT molecular complexity index is 462. The molecule has 0 aliphatic heterocycles. The minimum absolute atomic E-state index is 1.00. The highest BCUT2D eigenvalue weighted by atomic mass is 32.1. The van der Waals surface area contributed by atoms with E-state index in [1.54, 1.807) is 11.3 Å². The Morgan fingerprint density at radius 3 is 2.67 bits per heavy atom. The van der Waals surface area contributed by atoms with Crippen molar-refractivity contribution in [3.63, 3.8) is 0 Å². The first-order valence-electron chi connectivity index (χ1n) is 4.74. The van der Waals surface area contributed by atoms with Gasteiger partial charge in [-0.15, -0.1) is 0 Å². The maximum atomic E-state index is 4.47. The fourth-order valence-corrected chi connectivity index (χ4v) is 2.08. The molecule has 0 saturated heterocycles. The van der Waals surface area contributed by atoms with Crippen LogP contribution in [-0.2, 0) is 0 Å². The van der Waals surface area contributed by atoms with E-state index < -0.39 is 0 Å². The van der Waals surface area contributed by atoms with E-state index in [2.05, 4.69) is 9.97 Å². The number of hydrogen-bond acceptors (Lipinski definition) is 4. The van der Waals surface area contributed by atoms with Gasteiger partial charge in [0.15, 0.2) is 5.13 Å². The molecular weight excluding hydrogens is 206 g/mol. The van der Waals surface area contributed by atoms with E-state index in [0.717, 1.165) is 21.4 Å². The molecule has 0 aliphatic rings. The Balaban J connectivity index is 2.37. The van der Waals surface area contributed by atoms with Crippen LogP contribution in [0.5, 0.6) is 0 Å². The number of thiazole rings is 1. The van der Waals surface area contributed by atoms with Gasteiger partial charge in [0.05, 0.1) is 10.6 Å². The fraction of sp³-hybridized carbons (Fsp3) is 0.273. The molecule has 78 valence electrons. The molecule has 0 N–H and O–H groups in total. The predicted octanol–water partition coefficient (Wildman–Crippen LogP) is 2.58. The summed E-state index contributed by atoms with van der Waals surface area (Å²) in [6.45, 7) is 2.00. The zero-order chi connectivity index (χ0) is 10.8. The van der Waals surface area contributed by atoms with E-state index in [1.807, 2.05) is 50.3 Å². The standard InChI is InChI=1S/C11H13N3S/c1-8-5-4-6-9(13-8)10-7-12-11(15-10)14(2)3/h4-7H,1-3H3. The van der Waals surface area contributed by atoms with Crippen molar-refractivity contribution in [2.75, 3.05) is 19.0 Å². The van der Waals surface area contributed by atoms with Crippen molar-refractivity contribution in [3.8, 4) is 10.6 Å². The molecule has 4 heteroatoms. The number of anilines is 1. The molecule has 0 aliphatic carbocycles. The first-order valence-corrected chi connectivity index (χ1v) is 5.55. The highest BCUT2D eigenvalue weighted by molar-refractivity contribution is 7.18. The maximum absolute atomic E-state index is 4.47. The number of hydrogen-bond donors (Lipinski definition) is 0. The van der Waals surface area contributed by atoms with Gasteiger partial charge in [-0.3, -0.25) is 4.98 Å². The fourth-order valence-electron chi connectivity index (χ4n) is 1.27. The molecule has 0 spiro atoms. The van der Waals surface area contributed by atoms with E-state index in [1.165, 1.54) is 0 Å². The number of pyridine rings is 1. The van der Waals surface area contributed by atoms with Gasteiger partial charge in [0.25, 0.3) is 0 Å². The highest BCUT2D eigenvalue weighted by Gasteiger charge is 2.06. The monoisotopic (exact) mass is 219 g/mol. The van der Waals surface area contributed by atoms with Gasteiger partial charge in [-0.05, 0) is 19.1 Å². The summed E-state index contributed by atoms with van der Waals surface area (Å²) in [5, 5.41) is 1.01. The Kier molecular flexibility index (Phi) is 2.68. The molecule has 3 nitrogen and oxygen atoms in total. The number of aryl methyl sites for hydroxylation is 1. The summed E-state index contributed by atoms with van der Waals surface area (Å²) in [6, 6.07) is 6.03. The summed E-state index contributed by atoms with van der Waals surface area (Å²) < 4.78 is 0. The zero-order valence-electron chi connectivity index (χ0n) is 9.06. The van der Waals surface area contributed by atoms with Crippen molar-refractivity contribution in [2.24, 2.45) is 0 Å². The molecule has 0 atom stereocenters. The maximum Gasteiger partial charge on any atom is 0.185 e. The van der Waals surface area contributed by atoms with Crippen LogP contribution in [0.3, 0.4) is 0 Å². The molecule has 0 unspecified atom stereocenters. The normalized spacial score (nSPS) is 10.3. The zero-order valence-corrected chi connectivity index (χ0v) is 9.88. The van der Waals surface area contributed by atoms with Gasteiger partial charge >= 0.3 is 0 Å². The lowest BCUT2D eigenvalue weighted by Gasteiger charge is -2.05. The quantitative estimate of drug-likeness (QED) is 0.777. The number of aromatic nitrogens is 2. The Morgan fingerprint density at radius 1 is 1.27 bits per heavy atom. The lowest BCUT2D eigenvalue weighted by Crippen LogP contribution is -2.07. The van der Waals surface area contributed by atoms with Crippen LogP contribution in [0, 0.1) is 6.92 Å². The topological polar surface area (TPSA) is 29.0 Å². The molecule has 0 fully saturated rings. The Morgan fingerprint density at radius 2 is 2.07 bits per heavy atom. The van der Waals surface area contributed by atoms with E-state index in [0.29, 0.717) is 0 Å². The molecule has 2 aromatic rings. The van der Waals surface area contributed by atoms with Gasteiger partial charge in [0.1, 0.15) is 0 Å². The van der Waals surface area contributed by atoms with Gasteiger partial charge in [0, 0.05) is 26.0 Å². The Labute approximate surface area is 93.4 Å².